The second-order valence-corrected chi connectivity index (χ2v) is 11.3. The average molecular weight is 277 g/mol. The molecule has 0 unspecified atom stereocenters. The van der Waals surface area contributed by atoms with Crippen molar-refractivity contribution in [2.45, 2.75) is 32.4 Å². The Bertz CT molecular complexity index is 575. The van der Waals surface area contributed by atoms with Gasteiger partial charge in [-0.15, -0.1) is 0 Å². The van der Waals surface area contributed by atoms with Gasteiger partial charge in [0.1, 0.15) is 6.73 Å². The molecule has 2 rings (SSSR count). The van der Waals surface area contributed by atoms with Gasteiger partial charge in [0.15, 0.2) is 17.8 Å². The van der Waals surface area contributed by atoms with Crippen LogP contribution in [0.3, 0.4) is 0 Å². The molecule has 2 heterocycles. The summed E-state index contributed by atoms with van der Waals surface area (Å²) >= 11 is 0. The van der Waals surface area contributed by atoms with E-state index in [4.69, 9.17) is 4.74 Å². The van der Waals surface area contributed by atoms with Crippen molar-refractivity contribution in [2.24, 2.45) is 0 Å². The fourth-order valence-electron chi connectivity index (χ4n) is 1.74. The van der Waals surface area contributed by atoms with E-state index in [1.165, 1.54) is 0 Å². The molecule has 0 atom stereocenters. The Hall–Kier alpha value is -1.53. The molecule has 0 N–H and O–H groups in total. The molecule has 6 heteroatoms. The van der Waals surface area contributed by atoms with E-state index >= 15 is 0 Å². The van der Waals surface area contributed by atoms with Crippen LogP contribution in [0.5, 0.6) is 0 Å². The van der Waals surface area contributed by atoms with E-state index in [2.05, 4.69) is 29.6 Å². The zero-order valence-electron chi connectivity index (χ0n) is 11.6. The van der Waals surface area contributed by atoms with Gasteiger partial charge in [-0.05, 0) is 18.2 Å². The largest absolute Gasteiger partial charge is 0.361 e. The standard InChI is InChI=1S/C13H19N3O2Si/c1-19(2,3)8-7-18-10-16-11-5-4-6-14-13(11)15-12(16)9-17/h4-6,9H,7-8,10H2,1-3H3. The minimum absolute atomic E-state index is 0.348. The lowest BCUT2D eigenvalue weighted by atomic mass is 10.4. The third-order valence-corrected chi connectivity index (χ3v) is 4.58. The number of hydrogen-bond acceptors (Lipinski definition) is 4. The molecule has 2 aromatic rings. The molecular formula is C13H19N3O2Si. The van der Waals surface area contributed by atoms with Crippen molar-refractivity contribution in [3.05, 3.63) is 24.2 Å². The fourth-order valence-corrected chi connectivity index (χ4v) is 2.49. The molecule has 0 aliphatic rings. The maximum Gasteiger partial charge on any atom is 0.185 e. The first-order chi connectivity index (χ1) is 9.01. The Morgan fingerprint density at radius 3 is 2.89 bits per heavy atom. The highest BCUT2D eigenvalue weighted by atomic mass is 28.3. The summed E-state index contributed by atoms with van der Waals surface area (Å²) in [6.45, 7) is 7.99. The highest BCUT2D eigenvalue weighted by molar-refractivity contribution is 6.76. The molecule has 0 saturated carbocycles. The fraction of sp³-hybridized carbons (Fsp3) is 0.462. The lowest BCUT2D eigenvalue weighted by molar-refractivity contribution is 0.0856. The zero-order chi connectivity index (χ0) is 13.9. The summed E-state index contributed by atoms with van der Waals surface area (Å²) in [5, 5.41) is 0. The predicted octanol–water partition coefficient (Wildman–Crippen LogP) is 2.56. The van der Waals surface area contributed by atoms with Gasteiger partial charge in [-0.2, -0.15) is 0 Å². The summed E-state index contributed by atoms with van der Waals surface area (Å²) < 4.78 is 7.44. The van der Waals surface area contributed by atoms with Crippen LogP contribution < -0.4 is 0 Å². The minimum atomic E-state index is -1.09. The van der Waals surface area contributed by atoms with E-state index in [-0.39, 0.29) is 0 Å². The Labute approximate surface area is 113 Å². The quantitative estimate of drug-likeness (QED) is 0.462. The van der Waals surface area contributed by atoms with Crippen molar-refractivity contribution in [3.8, 4) is 0 Å². The van der Waals surface area contributed by atoms with Gasteiger partial charge in [0.25, 0.3) is 0 Å². The van der Waals surface area contributed by atoms with Crippen LogP contribution in [-0.2, 0) is 11.5 Å². The van der Waals surface area contributed by atoms with Crippen LogP contribution in [0.15, 0.2) is 18.3 Å². The van der Waals surface area contributed by atoms with Gasteiger partial charge in [0.2, 0.25) is 0 Å². The van der Waals surface area contributed by atoms with Crippen molar-refractivity contribution >= 4 is 25.5 Å². The molecule has 2 aromatic heterocycles. The smallest absolute Gasteiger partial charge is 0.185 e. The number of rotatable bonds is 6. The second-order valence-electron chi connectivity index (χ2n) is 5.71. The molecule has 0 fully saturated rings. The summed E-state index contributed by atoms with van der Waals surface area (Å²) in [5.41, 5.74) is 1.41. The maximum atomic E-state index is 11.0. The number of nitrogens with zero attached hydrogens (tertiary/aromatic N) is 3. The minimum Gasteiger partial charge on any atom is -0.361 e. The van der Waals surface area contributed by atoms with Crippen molar-refractivity contribution < 1.29 is 9.53 Å². The number of imidazole rings is 1. The summed E-state index contributed by atoms with van der Waals surface area (Å²) in [5.74, 6) is 0.363. The number of fused-ring (bicyclic) bond motifs is 1. The molecule has 0 aromatic carbocycles. The van der Waals surface area contributed by atoms with E-state index in [0.29, 0.717) is 24.8 Å². The predicted molar refractivity (Wildman–Crippen MR) is 77.0 cm³/mol. The van der Waals surface area contributed by atoms with Crippen LogP contribution in [0.2, 0.25) is 25.7 Å². The van der Waals surface area contributed by atoms with Gasteiger partial charge in [0, 0.05) is 20.9 Å². The van der Waals surface area contributed by atoms with Crippen molar-refractivity contribution in [1.29, 1.82) is 0 Å². The normalized spacial score (nSPS) is 11.9. The Morgan fingerprint density at radius 2 is 2.21 bits per heavy atom. The Kier molecular flexibility index (Phi) is 4.11. The second kappa shape index (κ2) is 5.62. The first-order valence-corrected chi connectivity index (χ1v) is 10.1. The summed E-state index contributed by atoms with van der Waals surface area (Å²) in [4.78, 5) is 19.3. The van der Waals surface area contributed by atoms with Crippen molar-refractivity contribution in [2.75, 3.05) is 6.61 Å². The Balaban J connectivity index is 2.09. The van der Waals surface area contributed by atoms with Crippen molar-refractivity contribution in [1.82, 2.24) is 14.5 Å². The summed E-state index contributed by atoms with van der Waals surface area (Å²) in [6.07, 6.45) is 2.41. The van der Waals surface area contributed by atoms with Gasteiger partial charge in [-0.25, -0.2) is 9.97 Å². The van der Waals surface area contributed by atoms with E-state index < -0.39 is 8.07 Å². The highest BCUT2D eigenvalue weighted by Crippen LogP contribution is 2.13. The molecular weight excluding hydrogens is 258 g/mol. The van der Waals surface area contributed by atoms with Crippen LogP contribution in [0, 0.1) is 0 Å². The van der Waals surface area contributed by atoms with Gasteiger partial charge < -0.3 is 4.74 Å². The number of hydrogen-bond donors (Lipinski definition) is 0. The number of carbonyl (C=O) groups is 1. The molecule has 5 nitrogen and oxygen atoms in total. The summed E-state index contributed by atoms with van der Waals surface area (Å²) in [7, 11) is -1.09. The van der Waals surface area contributed by atoms with E-state index in [1.807, 2.05) is 12.1 Å². The van der Waals surface area contributed by atoms with Gasteiger partial charge in [-0.1, -0.05) is 19.6 Å². The van der Waals surface area contributed by atoms with Crippen LogP contribution in [-0.4, -0.2) is 35.5 Å². The van der Waals surface area contributed by atoms with Crippen LogP contribution in [0.4, 0.5) is 0 Å². The molecule has 0 aliphatic heterocycles. The van der Waals surface area contributed by atoms with Crippen LogP contribution >= 0.6 is 0 Å². The summed E-state index contributed by atoms with van der Waals surface area (Å²) in [6, 6.07) is 4.83. The van der Waals surface area contributed by atoms with Gasteiger partial charge >= 0.3 is 0 Å². The number of aldehydes is 1. The first-order valence-electron chi connectivity index (χ1n) is 6.35. The third-order valence-electron chi connectivity index (χ3n) is 2.88. The average Bonchev–Trinajstić information content (AvgIpc) is 2.71. The van der Waals surface area contributed by atoms with E-state index in [9.17, 15) is 4.79 Å². The molecule has 0 saturated heterocycles. The Morgan fingerprint density at radius 1 is 1.42 bits per heavy atom. The van der Waals surface area contributed by atoms with Crippen LogP contribution in [0.25, 0.3) is 11.2 Å². The topological polar surface area (TPSA) is 57.0 Å². The molecule has 19 heavy (non-hydrogen) atoms. The van der Waals surface area contributed by atoms with Gasteiger partial charge in [-0.3, -0.25) is 9.36 Å². The number of ether oxygens (including phenoxy) is 1. The van der Waals surface area contributed by atoms with Crippen LogP contribution in [0.1, 0.15) is 10.6 Å². The third kappa shape index (κ3) is 3.48. The first kappa shape index (κ1) is 13.9. The van der Waals surface area contributed by atoms with E-state index in [0.717, 1.165) is 17.8 Å². The van der Waals surface area contributed by atoms with Gasteiger partial charge in [0.05, 0.1) is 5.52 Å². The molecule has 102 valence electrons. The molecule has 0 radical (unpaired) electrons. The number of carbonyl (C=O) groups excluding carboxylic acids is 1. The molecule has 0 aliphatic carbocycles. The SMILES string of the molecule is C[Si](C)(C)CCOCn1c(C=O)nc2ncccc21. The number of pyridine rings is 1. The zero-order valence-corrected chi connectivity index (χ0v) is 12.6. The lowest BCUT2D eigenvalue weighted by Crippen LogP contribution is -2.22. The molecule has 0 bridgehead atoms. The number of aromatic nitrogens is 3. The van der Waals surface area contributed by atoms with Crippen molar-refractivity contribution in [3.63, 3.8) is 0 Å². The lowest BCUT2D eigenvalue weighted by Gasteiger charge is -2.15. The maximum absolute atomic E-state index is 11.0. The monoisotopic (exact) mass is 277 g/mol. The van der Waals surface area contributed by atoms with E-state index in [1.54, 1.807) is 10.8 Å². The molecule has 0 amide bonds. The molecule has 0 spiro atoms. The highest BCUT2D eigenvalue weighted by Gasteiger charge is 2.13.